The van der Waals surface area contributed by atoms with Gasteiger partial charge in [0.15, 0.2) is 0 Å². The molecule has 0 bridgehead atoms. The molecule has 2 heteroatoms. The molecule has 1 aromatic carbocycles. The van der Waals surface area contributed by atoms with Crippen LogP contribution in [0.4, 0.5) is 0 Å². The summed E-state index contributed by atoms with van der Waals surface area (Å²) in [5.41, 5.74) is 1.39. The van der Waals surface area contributed by atoms with Crippen LogP contribution in [0.3, 0.4) is 0 Å². The lowest BCUT2D eigenvalue weighted by Gasteiger charge is -2.22. The number of benzene rings is 1. The number of thiophene rings is 1. The van der Waals surface area contributed by atoms with Crippen molar-refractivity contribution < 1.29 is 4.74 Å². The van der Waals surface area contributed by atoms with E-state index in [4.69, 9.17) is 4.74 Å². The smallest absolute Gasteiger partial charge is 0.118 e. The maximum atomic E-state index is 5.25. The fraction of sp³-hybridized carbons (Fsp3) is 0.412. The summed E-state index contributed by atoms with van der Waals surface area (Å²) in [4.78, 5) is 2.86. The summed E-state index contributed by atoms with van der Waals surface area (Å²) < 4.78 is 5.25. The topological polar surface area (TPSA) is 9.23 Å². The van der Waals surface area contributed by atoms with E-state index < -0.39 is 0 Å². The molecule has 2 rings (SSSR count). The molecule has 2 aromatic rings. The summed E-state index contributed by atoms with van der Waals surface area (Å²) in [6.07, 6.45) is 1.19. The van der Waals surface area contributed by atoms with E-state index in [1.165, 1.54) is 21.7 Å². The van der Waals surface area contributed by atoms with Gasteiger partial charge in [-0.25, -0.2) is 0 Å². The van der Waals surface area contributed by atoms with Gasteiger partial charge >= 0.3 is 0 Å². The molecular formula is C17H22OS. The number of aryl methyl sites for hydroxylation is 1. The summed E-state index contributed by atoms with van der Waals surface area (Å²) in [7, 11) is 1.71. The molecule has 0 amide bonds. The van der Waals surface area contributed by atoms with Gasteiger partial charge in [-0.15, -0.1) is 11.3 Å². The predicted molar refractivity (Wildman–Crippen MR) is 83.3 cm³/mol. The van der Waals surface area contributed by atoms with Crippen LogP contribution in [0.2, 0.25) is 0 Å². The van der Waals surface area contributed by atoms with E-state index in [1.807, 2.05) is 11.3 Å². The highest BCUT2D eigenvalue weighted by Crippen LogP contribution is 2.37. The maximum absolute atomic E-state index is 5.25. The van der Waals surface area contributed by atoms with Gasteiger partial charge in [0.25, 0.3) is 0 Å². The second-order valence-electron chi connectivity index (χ2n) is 5.08. The lowest BCUT2D eigenvalue weighted by Crippen LogP contribution is -2.09. The van der Waals surface area contributed by atoms with Gasteiger partial charge in [0.2, 0.25) is 0 Å². The van der Waals surface area contributed by atoms with E-state index in [1.54, 1.807) is 7.11 Å². The van der Waals surface area contributed by atoms with Crippen molar-refractivity contribution in [2.24, 2.45) is 5.92 Å². The molecule has 0 saturated heterocycles. The van der Waals surface area contributed by atoms with Gasteiger partial charge < -0.3 is 4.74 Å². The van der Waals surface area contributed by atoms with Crippen molar-refractivity contribution in [1.29, 1.82) is 0 Å². The minimum atomic E-state index is 0.495. The van der Waals surface area contributed by atoms with Crippen LogP contribution in [0.1, 0.15) is 41.5 Å². The van der Waals surface area contributed by atoms with E-state index >= 15 is 0 Å². The zero-order valence-corrected chi connectivity index (χ0v) is 13.0. The number of hydrogen-bond acceptors (Lipinski definition) is 2. The molecule has 19 heavy (non-hydrogen) atoms. The highest BCUT2D eigenvalue weighted by Gasteiger charge is 2.21. The molecule has 0 spiro atoms. The Balaban J connectivity index is 2.36. The molecule has 0 saturated carbocycles. The van der Waals surface area contributed by atoms with E-state index in [0.29, 0.717) is 11.8 Å². The first-order valence-corrected chi connectivity index (χ1v) is 7.67. The van der Waals surface area contributed by atoms with Crippen molar-refractivity contribution in [3.05, 3.63) is 51.7 Å². The summed E-state index contributed by atoms with van der Waals surface area (Å²) >= 11 is 1.91. The average Bonchev–Trinajstić information content (AvgIpc) is 2.86. The Hall–Kier alpha value is -1.28. The quantitative estimate of drug-likeness (QED) is 0.724. The summed E-state index contributed by atoms with van der Waals surface area (Å²) in [6, 6.07) is 13.0. The third-order valence-electron chi connectivity index (χ3n) is 3.76. The Morgan fingerprint density at radius 1 is 1.11 bits per heavy atom. The largest absolute Gasteiger partial charge is 0.497 e. The van der Waals surface area contributed by atoms with Crippen LogP contribution >= 0.6 is 11.3 Å². The van der Waals surface area contributed by atoms with Gasteiger partial charge in [-0.1, -0.05) is 32.4 Å². The monoisotopic (exact) mass is 274 g/mol. The highest BCUT2D eigenvalue weighted by molar-refractivity contribution is 7.12. The van der Waals surface area contributed by atoms with Crippen molar-refractivity contribution >= 4 is 11.3 Å². The number of ether oxygens (including phenoxy) is 1. The van der Waals surface area contributed by atoms with Gasteiger partial charge in [-0.3, -0.25) is 0 Å². The highest BCUT2D eigenvalue weighted by atomic mass is 32.1. The van der Waals surface area contributed by atoms with Crippen LogP contribution in [0, 0.1) is 12.8 Å². The Morgan fingerprint density at radius 2 is 1.79 bits per heavy atom. The normalized spacial score (nSPS) is 14.1. The van der Waals surface area contributed by atoms with Crippen molar-refractivity contribution in [3.63, 3.8) is 0 Å². The zero-order valence-electron chi connectivity index (χ0n) is 12.1. The van der Waals surface area contributed by atoms with E-state index in [-0.39, 0.29) is 0 Å². The van der Waals surface area contributed by atoms with Crippen molar-refractivity contribution in [3.8, 4) is 5.75 Å². The molecule has 1 heterocycles. The summed E-state index contributed by atoms with van der Waals surface area (Å²) in [5.74, 6) is 2.06. The first kappa shape index (κ1) is 14.1. The molecule has 0 fully saturated rings. The zero-order chi connectivity index (χ0) is 13.8. The number of hydrogen-bond donors (Lipinski definition) is 0. The Morgan fingerprint density at radius 3 is 2.26 bits per heavy atom. The third kappa shape index (κ3) is 3.19. The Labute approximate surface area is 120 Å². The van der Waals surface area contributed by atoms with Crippen LogP contribution in [0.15, 0.2) is 36.4 Å². The van der Waals surface area contributed by atoms with Crippen molar-refractivity contribution in [2.75, 3.05) is 7.11 Å². The fourth-order valence-electron chi connectivity index (χ4n) is 2.44. The van der Waals surface area contributed by atoms with Crippen LogP contribution < -0.4 is 4.74 Å². The lowest BCUT2D eigenvalue weighted by atomic mass is 9.84. The molecule has 1 nitrogen and oxygen atoms in total. The maximum Gasteiger partial charge on any atom is 0.118 e. The number of rotatable bonds is 5. The molecule has 2 atom stereocenters. The predicted octanol–water partition coefficient (Wildman–Crippen LogP) is 5.24. The third-order valence-corrected chi connectivity index (χ3v) is 4.84. The molecule has 0 unspecified atom stereocenters. The summed E-state index contributed by atoms with van der Waals surface area (Å²) in [5, 5.41) is 0. The van der Waals surface area contributed by atoms with Gasteiger partial charge in [-0.05, 0) is 42.7 Å². The van der Waals surface area contributed by atoms with Crippen LogP contribution in [-0.4, -0.2) is 7.11 Å². The molecule has 0 N–H and O–H groups in total. The number of methoxy groups -OCH3 is 1. The van der Waals surface area contributed by atoms with Gasteiger partial charge in [0.1, 0.15) is 5.75 Å². The minimum absolute atomic E-state index is 0.495. The first-order valence-electron chi connectivity index (χ1n) is 6.86. The van der Waals surface area contributed by atoms with E-state index in [2.05, 4.69) is 57.2 Å². The average molecular weight is 274 g/mol. The van der Waals surface area contributed by atoms with Gasteiger partial charge in [0, 0.05) is 15.7 Å². The van der Waals surface area contributed by atoms with Crippen molar-refractivity contribution in [1.82, 2.24) is 0 Å². The standard InChI is InChI=1S/C17H22OS/c1-5-12(2)17(16-11-6-13(3)19-16)14-7-9-15(18-4)10-8-14/h6-12,17H,5H2,1-4H3/t12-,17+/m0/s1. The Kier molecular flexibility index (Phi) is 4.65. The fourth-order valence-corrected chi connectivity index (χ4v) is 3.58. The first-order chi connectivity index (χ1) is 9.15. The van der Waals surface area contributed by atoms with E-state index in [9.17, 15) is 0 Å². The molecule has 0 aliphatic carbocycles. The van der Waals surface area contributed by atoms with Crippen LogP contribution in [-0.2, 0) is 0 Å². The SMILES string of the molecule is CC[C@H](C)[C@H](c1ccc(OC)cc1)c1ccc(C)s1. The van der Waals surface area contributed by atoms with Crippen LogP contribution in [0.5, 0.6) is 5.75 Å². The minimum Gasteiger partial charge on any atom is -0.497 e. The van der Waals surface area contributed by atoms with Gasteiger partial charge in [-0.2, -0.15) is 0 Å². The second-order valence-corrected chi connectivity index (χ2v) is 6.40. The molecular weight excluding hydrogens is 252 g/mol. The summed E-state index contributed by atoms with van der Waals surface area (Å²) in [6.45, 7) is 6.78. The van der Waals surface area contributed by atoms with Gasteiger partial charge in [0.05, 0.1) is 7.11 Å². The molecule has 0 aliphatic heterocycles. The van der Waals surface area contributed by atoms with E-state index in [0.717, 1.165) is 5.75 Å². The molecule has 102 valence electrons. The lowest BCUT2D eigenvalue weighted by molar-refractivity contribution is 0.414. The molecule has 0 aliphatic rings. The second kappa shape index (κ2) is 6.25. The van der Waals surface area contributed by atoms with Crippen LogP contribution in [0.25, 0.3) is 0 Å². The van der Waals surface area contributed by atoms with Crippen molar-refractivity contribution in [2.45, 2.75) is 33.1 Å². The molecule has 0 radical (unpaired) electrons. The Bertz CT molecular complexity index is 512. The molecule has 1 aromatic heterocycles.